The van der Waals surface area contributed by atoms with E-state index in [-0.39, 0.29) is 0 Å². The van der Waals surface area contributed by atoms with Gasteiger partial charge in [-0.1, -0.05) is 30.3 Å². The zero-order valence-corrected chi connectivity index (χ0v) is 10.5. The first-order valence-corrected chi connectivity index (χ1v) is 6.21. The monoisotopic (exact) mass is 218 g/mol. The Hall–Kier alpha value is -0.860. The molecule has 1 aliphatic rings. The van der Waals surface area contributed by atoms with Gasteiger partial charge in [-0.05, 0) is 26.3 Å². The van der Waals surface area contributed by atoms with Crippen LogP contribution in [0.5, 0.6) is 0 Å². The number of rotatable bonds is 2. The summed E-state index contributed by atoms with van der Waals surface area (Å²) < 4.78 is 0. The van der Waals surface area contributed by atoms with Gasteiger partial charge >= 0.3 is 0 Å². The van der Waals surface area contributed by atoms with Crippen molar-refractivity contribution in [3.05, 3.63) is 35.9 Å². The van der Waals surface area contributed by atoms with Crippen molar-refractivity contribution in [3.63, 3.8) is 0 Å². The summed E-state index contributed by atoms with van der Waals surface area (Å²) in [4.78, 5) is 2.59. The summed E-state index contributed by atoms with van der Waals surface area (Å²) in [6.07, 6.45) is 0. The van der Waals surface area contributed by atoms with Crippen LogP contribution < -0.4 is 5.32 Å². The molecule has 1 fully saturated rings. The van der Waals surface area contributed by atoms with E-state index in [1.807, 2.05) is 0 Å². The van der Waals surface area contributed by atoms with Crippen LogP contribution in [-0.2, 0) is 6.54 Å². The first-order chi connectivity index (χ1) is 7.68. The van der Waals surface area contributed by atoms with Crippen molar-refractivity contribution < 1.29 is 0 Å². The van der Waals surface area contributed by atoms with Crippen LogP contribution in [0.2, 0.25) is 0 Å². The van der Waals surface area contributed by atoms with Crippen molar-refractivity contribution in [2.75, 3.05) is 6.54 Å². The summed E-state index contributed by atoms with van der Waals surface area (Å²) in [5, 5.41) is 3.56. The number of hydrogen-bond donors (Lipinski definition) is 1. The van der Waals surface area contributed by atoms with Gasteiger partial charge in [0.15, 0.2) is 0 Å². The summed E-state index contributed by atoms with van der Waals surface area (Å²) in [5.41, 5.74) is 1.41. The van der Waals surface area contributed by atoms with Crippen molar-refractivity contribution in [3.8, 4) is 0 Å². The van der Waals surface area contributed by atoms with E-state index in [1.54, 1.807) is 0 Å². The second-order valence-electron chi connectivity index (χ2n) is 4.94. The largest absolute Gasteiger partial charge is 0.311 e. The minimum Gasteiger partial charge on any atom is -0.311 e. The minimum absolute atomic E-state index is 0.583. The molecule has 0 aliphatic carbocycles. The topological polar surface area (TPSA) is 15.3 Å². The lowest BCUT2D eigenvalue weighted by molar-refractivity contribution is 0.0797. The van der Waals surface area contributed by atoms with Crippen molar-refractivity contribution in [2.45, 2.75) is 45.4 Å². The fourth-order valence-corrected chi connectivity index (χ4v) is 2.43. The van der Waals surface area contributed by atoms with Gasteiger partial charge in [-0.25, -0.2) is 0 Å². The molecular formula is C14H22N2. The molecule has 1 N–H and O–H groups in total. The molecule has 1 heterocycles. The van der Waals surface area contributed by atoms with Crippen molar-refractivity contribution in [1.82, 2.24) is 10.2 Å². The molecule has 0 bridgehead atoms. The van der Waals surface area contributed by atoms with Crippen molar-refractivity contribution in [1.29, 1.82) is 0 Å². The maximum absolute atomic E-state index is 3.56. The molecule has 88 valence electrons. The molecular weight excluding hydrogens is 196 g/mol. The third-order valence-electron chi connectivity index (χ3n) is 3.76. The molecule has 0 unspecified atom stereocenters. The van der Waals surface area contributed by atoms with Crippen LogP contribution in [0.4, 0.5) is 0 Å². The maximum atomic E-state index is 3.56. The third kappa shape index (κ3) is 2.45. The van der Waals surface area contributed by atoms with Gasteiger partial charge < -0.3 is 5.32 Å². The Balaban J connectivity index is 2.07. The average Bonchev–Trinajstić information content (AvgIpc) is 2.31. The molecule has 16 heavy (non-hydrogen) atoms. The van der Waals surface area contributed by atoms with Gasteiger partial charge in [-0.2, -0.15) is 0 Å². The Bertz CT molecular complexity index is 323. The molecule has 0 saturated carbocycles. The summed E-state index contributed by atoms with van der Waals surface area (Å²) in [6, 6.07) is 12.6. The number of piperazine rings is 1. The minimum atomic E-state index is 0.583. The smallest absolute Gasteiger partial charge is 0.0240 e. The standard InChI is InChI=1S/C14H22N2/c1-11-9-15-12(2)13(3)16(11)10-14-7-5-4-6-8-14/h4-8,11-13,15H,9-10H2,1-3H3/t11-,12-,13-/m0/s1. The molecule has 1 aromatic carbocycles. The van der Waals surface area contributed by atoms with E-state index < -0.39 is 0 Å². The van der Waals surface area contributed by atoms with Crippen LogP contribution in [0.1, 0.15) is 26.3 Å². The predicted molar refractivity (Wildman–Crippen MR) is 68.4 cm³/mol. The van der Waals surface area contributed by atoms with Crippen LogP contribution in [0.25, 0.3) is 0 Å². The van der Waals surface area contributed by atoms with Crippen LogP contribution >= 0.6 is 0 Å². The molecule has 1 saturated heterocycles. The SMILES string of the molecule is C[C@@H]1NC[C@H](C)N(Cc2ccccc2)[C@H]1C. The molecule has 0 aromatic heterocycles. The van der Waals surface area contributed by atoms with E-state index in [9.17, 15) is 0 Å². The summed E-state index contributed by atoms with van der Waals surface area (Å²) in [7, 11) is 0. The molecule has 0 radical (unpaired) electrons. The summed E-state index contributed by atoms with van der Waals surface area (Å²) >= 11 is 0. The Labute approximate surface area is 98.7 Å². The Morgan fingerprint density at radius 1 is 1.19 bits per heavy atom. The van der Waals surface area contributed by atoms with E-state index >= 15 is 0 Å². The normalized spacial score (nSPS) is 31.6. The lowest BCUT2D eigenvalue weighted by Crippen LogP contribution is -2.59. The molecule has 3 atom stereocenters. The first kappa shape index (κ1) is 11.6. The third-order valence-corrected chi connectivity index (χ3v) is 3.76. The molecule has 1 aliphatic heterocycles. The number of nitrogens with one attached hydrogen (secondary N) is 1. The lowest BCUT2D eigenvalue weighted by Gasteiger charge is -2.43. The van der Waals surface area contributed by atoms with Gasteiger partial charge in [0.25, 0.3) is 0 Å². The fourth-order valence-electron chi connectivity index (χ4n) is 2.43. The van der Waals surface area contributed by atoms with E-state index in [0.717, 1.165) is 13.1 Å². The molecule has 0 spiro atoms. The number of hydrogen-bond acceptors (Lipinski definition) is 2. The zero-order valence-electron chi connectivity index (χ0n) is 10.5. The molecule has 2 nitrogen and oxygen atoms in total. The summed E-state index contributed by atoms with van der Waals surface area (Å²) in [6.45, 7) is 9.05. The van der Waals surface area contributed by atoms with Crippen LogP contribution in [0.3, 0.4) is 0 Å². The molecule has 2 rings (SSSR count). The van der Waals surface area contributed by atoms with Gasteiger partial charge in [-0.3, -0.25) is 4.90 Å². The van der Waals surface area contributed by atoms with E-state index in [4.69, 9.17) is 0 Å². The van der Waals surface area contributed by atoms with E-state index in [1.165, 1.54) is 5.56 Å². The van der Waals surface area contributed by atoms with Crippen LogP contribution in [-0.4, -0.2) is 29.6 Å². The Kier molecular flexibility index (Phi) is 3.62. The zero-order chi connectivity index (χ0) is 11.5. The highest BCUT2D eigenvalue weighted by Crippen LogP contribution is 2.17. The molecule has 0 amide bonds. The Morgan fingerprint density at radius 3 is 2.56 bits per heavy atom. The Morgan fingerprint density at radius 2 is 1.88 bits per heavy atom. The number of benzene rings is 1. The van der Waals surface area contributed by atoms with Crippen molar-refractivity contribution in [2.24, 2.45) is 0 Å². The first-order valence-electron chi connectivity index (χ1n) is 6.21. The molecule has 1 aromatic rings. The second-order valence-corrected chi connectivity index (χ2v) is 4.94. The highest BCUT2D eigenvalue weighted by molar-refractivity contribution is 5.15. The second kappa shape index (κ2) is 4.98. The van der Waals surface area contributed by atoms with E-state index in [2.05, 4.69) is 61.3 Å². The fraction of sp³-hybridized carbons (Fsp3) is 0.571. The molecule has 2 heteroatoms. The van der Waals surface area contributed by atoms with Gasteiger partial charge in [0, 0.05) is 31.2 Å². The summed E-state index contributed by atoms with van der Waals surface area (Å²) in [5.74, 6) is 0. The highest BCUT2D eigenvalue weighted by Gasteiger charge is 2.29. The predicted octanol–water partition coefficient (Wildman–Crippen LogP) is 2.26. The maximum Gasteiger partial charge on any atom is 0.0240 e. The van der Waals surface area contributed by atoms with Crippen LogP contribution in [0, 0.1) is 0 Å². The van der Waals surface area contributed by atoms with Crippen LogP contribution in [0.15, 0.2) is 30.3 Å². The van der Waals surface area contributed by atoms with Gasteiger partial charge in [0.1, 0.15) is 0 Å². The average molecular weight is 218 g/mol. The van der Waals surface area contributed by atoms with Gasteiger partial charge in [0.2, 0.25) is 0 Å². The number of nitrogens with zero attached hydrogens (tertiary/aromatic N) is 1. The quantitative estimate of drug-likeness (QED) is 0.819. The van der Waals surface area contributed by atoms with Gasteiger partial charge in [-0.15, -0.1) is 0 Å². The highest BCUT2D eigenvalue weighted by atomic mass is 15.3. The van der Waals surface area contributed by atoms with E-state index in [0.29, 0.717) is 18.1 Å². The van der Waals surface area contributed by atoms with Crippen molar-refractivity contribution >= 4 is 0 Å². The lowest BCUT2D eigenvalue weighted by atomic mass is 10.0. The van der Waals surface area contributed by atoms with Gasteiger partial charge in [0.05, 0.1) is 0 Å².